The van der Waals surface area contributed by atoms with Crippen molar-refractivity contribution < 1.29 is 8.78 Å². The number of nitrogens with zero attached hydrogens (tertiary/aromatic N) is 1. The number of hydrogen-bond acceptors (Lipinski definition) is 2. The Labute approximate surface area is 133 Å². The van der Waals surface area contributed by atoms with Crippen LogP contribution in [0.2, 0.25) is 0 Å². The Morgan fingerprint density at radius 1 is 1.33 bits per heavy atom. The number of nitrogens with one attached hydrogen (secondary N) is 1. The normalized spacial score (nSPS) is 25.6. The molecule has 1 heterocycles. The van der Waals surface area contributed by atoms with Crippen LogP contribution in [0.25, 0.3) is 0 Å². The van der Waals surface area contributed by atoms with Crippen LogP contribution in [0.4, 0.5) is 8.78 Å². The van der Waals surface area contributed by atoms with Crippen molar-refractivity contribution in [2.75, 3.05) is 13.1 Å². The molecule has 1 aromatic carbocycles. The number of rotatable bonds is 2. The highest BCUT2D eigenvalue weighted by molar-refractivity contribution is 9.10. The molecule has 0 amide bonds. The van der Waals surface area contributed by atoms with E-state index in [4.69, 9.17) is 0 Å². The lowest BCUT2D eigenvalue weighted by Crippen LogP contribution is -2.62. The summed E-state index contributed by atoms with van der Waals surface area (Å²) in [7, 11) is 0. The van der Waals surface area contributed by atoms with Crippen LogP contribution in [0.1, 0.15) is 38.2 Å². The van der Waals surface area contributed by atoms with E-state index in [-0.39, 0.29) is 17.1 Å². The Balaban J connectivity index is 1.81. The number of halogens is 3. The summed E-state index contributed by atoms with van der Waals surface area (Å²) in [6.45, 7) is 4.21. The van der Waals surface area contributed by atoms with Gasteiger partial charge in [0.15, 0.2) is 0 Å². The van der Waals surface area contributed by atoms with Crippen molar-refractivity contribution in [3.8, 4) is 0 Å². The third-order valence-electron chi connectivity index (χ3n) is 4.96. The second-order valence-corrected chi connectivity index (χ2v) is 7.30. The predicted octanol–water partition coefficient (Wildman–Crippen LogP) is 3.83. The quantitative estimate of drug-likeness (QED) is 0.808. The van der Waals surface area contributed by atoms with Gasteiger partial charge in [-0.1, -0.05) is 12.8 Å². The molecule has 1 aliphatic carbocycles. The summed E-state index contributed by atoms with van der Waals surface area (Å²) < 4.78 is 28.5. The molecule has 2 nitrogen and oxygen atoms in total. The third kappa shape index (κ3) is 3.01. The van der Waals surface area contributed by atoms with E-state index < -0.39 is 11.6 Å². The molecular weight excluding hydrogens is 338 g/mol. The van der Waals surface area contributed by atoms with Crippen LogP contribution in [-0.4, -0.2) is 29.6 Å². The van der Waals surface area contributed by atoms with E-state index >= 15 is 0 Å². The van der Waals surface area contributed by atoms with Gasteiger partial charge in [-0.15, -0.1) is 0 Å². The van der Waals surface area contributed by atoms with Crippen molar-refractivity contribution in [3.63, 3.8) is 0 Å². The van der Waals surface area contributed by atoms with Crippen molar-refractivity contribution >= 4 is 15.9 Å². The molecule has 0 aromatic heterocycles. The molecule has 2 aliphatic rings. The lowest BCUT2D eigenvalue weighted by molar-refractivity contribution is 0.0806. The first kappa shape index (κ1) is 15.4. The van der Waals surface area contributed by atoms with Gasteiger partial charge in [-0.25, -0.2) is 8.78 Å². The van der Waals surface area contributed by atoms with Gasteiger partial charge in [0.25, 0.3) is 0 Å². The zero-order valence-electron chi connectivity index (χ0n) is 12.3. The molecule has 1 spiro atoms. The summed E-state index contributed by atoms with van der Waals surface area (Å²) >= 11 is 3.15. The maximum absolute atomic E-state index is 14.2. The first-order valence-electron chi connectivity index (χ1n) is 7.62. The van der Waals surface area contributed by atoms with Crippen LogP contribution in [-0.2, 0) is 6.54 Å². The summed E-state index contributed by atoms with van der Waals surface area (Å²) in [5.41, 5.74) is 0.331. The number of benzene rings is 1. The molecule has 1 unspecified atom stereocenters. The molecule has 3 rings (SSSR count). The van der Waals surface area contributed by atoms with E-state index in [9.17, 15) is 8.78 Å². The average molecular weight is 359 g/mol. The van der Waals surface area contributed by atoms with Crippen molar-refractivity contribution in [1.82, 2.24) is 10.2 Å². The van der Waals surface area contributed by atoms with Crippen molar-refractivity contribution in [1.29, 1.82) is 0 Å². The van der Waals surface area contributed by atoms with Crippen LogP contribution in [0.5, 0.6) is 0 Å². The molecule has 0 radical (unpaired) electrons. The highest BCUT2D eigenvalue weighted by Crippen LogP contribution is 2.34. The van der Waals surface area contributed by atoms with Gasteiger partial charge >= 0.3 is 0 Å². The number of hydrogen-bond donors (Lipinski definition) is 1. The fraction of sp³-hybridized carbons (Fsp3) is 0.625. The molecule has 1 saturated heterocycles. The van der Waals surface area contributed by atoms with E-state index in [1.165, 1.54) is 37.8 Å². The highest BCUT2D eigenvalue weighted by Gasteiger charge is 2.40. The Bertz CT molecular complexity index is 529. The average Bonchev–Trinajstić information content (AvgIpc) is 2.91. The Hall–Kier alpha value is -0.520. The van der Waals surface area contributed by atoms with Crippen molar-refractivity contribution in [2.24, 2.45) is 0 Å². The maximum Gasteiger partial charge on any atom is 0.144 e. The molecule has 2 fully saturated rings. The first-order valence-corrected chi connectivity index (χ1v) is 8.41. The second kappa shape index (κ2) is 5.94. The predicted molar refractivity (Wildman–Crippen MR) is 83.1 cm³/mol. The van der Waals surface area contributed by atoms with Gasteiger partial charge in [0.05, 0.1) is 4.47 Å². The number of piperazine rings is 1. The van der Waals surface area contributed by atoms with Gasteiger partial charge in [-0.3, -0.25) is 4.90 Å². The molecule has 1 N–H and O–H groups in total. The van der Waals surface area contributed by atoms with Crippen molar-refractivity contribution in [2.45, 2.75) is 50.7 Å². The lowest BCUT2D eigenvalue weighted by Gasteiger charge is -2.45. The van der Waals surface area contributed by atoms with Crippen LogP contribution < -0.4 is 5.32 Å². The molecule has 0 bridgehead atoms. The summed E-state index contributed by atoms with van der Waals surface area (Å²) in [6, 6.07) is 3.04. The van der Waals surface area contributed by atoms with Gasteiger partial charge in [0.1, 0.15) is 11.6 Å². The highest BCUT2D eigenvalue weighted by atomic mass is 79.9. The third-order valence-corrected chi connectivity index (χ3v) is 5.57. The molecule has 1 aliphatic heterocycles. The SMILES string of the molecule is CC1CNC2(CCCC2)CN1Cc1c(F)ccc(Br)c1F. The van der Waals surface area contributed by atoms with Crippen molar-refractivity contribution in [3.05, 3.63) is 33.8 Å². The van der Waals surface area contributed by atoms with Crippen LogP contribution in [0, 0.1) is 11.6 Å². The maximum atomic E-state index is 14.2. The minimum atomic E-state index is -0.471. The fourth-order valence-corrected chi connectivity index (χ4v) is 3.98. The summed E-state index contributed by atoms with van der Waals surface area (Å²) in [5, 5.41) is 3.66. The second-order valence-electron chi connectivity index (χ2n) is 6.44. The topological polar surface area (TPSA) is 15.3 Å². The molecule has 116 valence electrons. The molecule has 5 heteroatoms. The van der Waals surface area contributed by atoms with E-state index in [0.717, 1.165) is 13.1 Å². The van der Waals surface area contributed by atoms with Gasteiger partial charge in [0.2, 0.25) is 0 Å². The van der Waals surface area contributed by atoms with E-state index in [0.29, 0.717) is 11.0 Å². The van der Waals surface area contributed by atoms with E-state index in [1.807, 2.05) is 0 Å². The van der Waals surface area contributed by atoms with Gasteiger partial charge in [-0.2, -0.15) is 0 Å². The fourth-order valence-electron chi connectivity index (χ4n) is 3.61. The summed E-state index contributed by atoms with van der Waals surface area (Å²) in [6.07, 6.45) is 4.82. The van der Waals surface area contributed by atoms with Gasteiger partial charge < -0.3 is 5.32 Å². The molecule has 1 atom stereocenters. The van der Waals surface area contributed by atoms with E-state index in [2.05, 4.69) is 33.1 Å². The molecule has 1 aromatic rings. The zero-order chi connectivity index (χ0) is 15.0. The standard InChI is InChI=1S/C16H21BrF2N2/c1-11-8-20-16(6-2-3-7-16)10-21(11)9-12-14(18)5-4-13(17)15(12)19/h4-5,11,20H,2-3,6-10H2,1H3. The Morgan fingerprint density at radius 3 is 2.76 bits per heavy atom. The summed E-state index contributed by atoms with van der Waals surface area (Å²) in [5.74, 6) is -0.928. The van der Waals surface area contributed by atoms with Crippen LogP contribution in [0.3, 0.4) is 0 Å². The molecular formula is C16H21BrF2N2. The zero-order valence-corrected chi connectivity index (χ0v) is 13.8. The summed E-state index contributed by atoms with van der Waals surface area (Å²) in [4.78, 5) is 2.22. The minimum absolute atomic E-state index is 0.158. The van der Waals surface area contributed by atoms with Crippen LogP contribution in [0.15, 0.2) is 16.6 Å². The van der Waals surface area contributed by atoms with Crippen LogP contribution >= 0.6 is 15.9 Å². The monoisotopic (exact) mass is 358 g/mol. The lowest BCUT2D eigenvalue weighted by atomic mass is 9.92. The largest absolute Gasteiger partial charge is 0.308 e. The van der Waals surface area contributed by atoms with Gasteiger partial charge in [-0.05, 0) is 47.8 Å². The molecule has 1 saturated carbocycles. The van der Waals surface area contributed by atoms with Gasteiger partial charge in [0, 0.05) is 36.8 Å². The smallest absolute Gasteiger partial charge is 0.144 e. The van der Waals surface area contributed by atoms with E-state index in [1.54, 1.807) is 0 Å². The Kier molecular flexibility index (Phi) is 4.35. The minimum Gasteiger partial charge on any atom is -0.308 e. The Morgan fingerprint density at radius 2 is 2.05 bits per heavy atom. The first-order chi connectivity index (χ1) is 10.0. The molecule has 21 heavy (non-hydrogen) atoms.